The van der Waals surface area contributed by atoms with Crippen molar-refractivity contribution < 1.29 is 42.7 Å². The Balaban J connectivity index is -0.000000170. The summed E-state index contributed by atoms with van der Waals surface area (Å²) >= 11 is 0. The fourth-order valence-corrected chi connectivity index (χ4v) is 4.00. The van der Waals surface area contributed by atoms with E-state index in [1.807, 2.05) is 18.2 Å². The summed E-state index contributed by atoms with van der Waals surface area (Å²) in [6, 6.07) is 6.55. The first-order valence-electron chi connectivity index (χ1n) is 9.60. The van der Waals surface area contributed by atoms with Gasteiger partial charge in [0.1, 0.15) is 22.8 Å². The zero-order chi connectivity index (χ0) is 25.8. The topological polar surface area (TPSA) is 163 Å². The van der Waals surface area contributed by atoms with E-state index in [0.717, 1.165) is 6.04 Å². The van der Waals surface area contributed by atoms with E-state index in [4.69, 9.17) is 27.4 Å². The Labute approximate surface area is 208 Å². The van der Waals surface area contributed by atoms with Crippen molar-refractivity contribution in [1.29, 1.82) is 0 Å². The van der Waals surface area contributed by atoms with Crippen molar-refractivity contribution in [3.8, 4) is 0 Å². The molecule has 0 saturated heterocycles. The van der Waals surface area contributed by atoms with Gasteiger partial charge in [0.2, 0.25) is 0 Å². The average molecular weight is 528 g/mol. The third-order valence-corrected chi connectivity index (χ3v) is 5.24. The van der Waals surface area contributed by atoms with Gasteiger partial charge in [0.25, 0.3) is 0 Å². The van der Waals surface area contributed by atoms with E-state index in [0.29, 0.717) is 22.8 Å². The van der Waals surface area contributed by atoms with Crippen LogP contribution in [-0.2, 0) is 16.8 Å². The molecule has 12 heteroatoms. The molecule has 0 saturated carbocycles. The predicted molar refractivity (Wildman–Crippen MR) is 131 cm³/mol. The Morgan fingerprint density at radius 3 is 1.21 bits per heavy atom. The number of hydrogen-bond donors (Lipinski definition) is 5. The van der Waals surface area contributed by atoms with Crippen LogP contribution in [0.5, 0.6) is 0 Å². The Kier molecular flexibility index (Phi) is 24.4. The first-order chi connectivity index (χ1) is 14.7. The second-order valence-corrected chi connectivity index (χ2v) is 13.5. The van der Waals surface area contributed by atoms with Gasteiger partial charge in [-0.3, -0.25) is 4.98 Å². The minimum atomic E-state index is -1.17. The van der Waals surface area contributed by atoms with Gasteiger partial charge in [-0.2, -0.15) is 0 Å². The fraction of sp³-hybridized carbons (Fsp3) is 0.476. The molecule has 1 rings (SSSR count). The van der Waals surface area contributed by atoms with Crippen LogP contribution in [0.2, 0.25) is 25.7 Å². The molecule has 1 aromatic rings. The first kappa shape index (κ1) is 37.8. The van der Waals surface area contributed by atoms with Gasteiger partial charge in [0, 0.05) is 42.8 Å². The zero-order valence-corrected chi connectivity index (χ0v) is 22.6. The zero-order valence-electron chi connectivity index (χ0n) is 20.6. The fourth-order valence-electron chi connectivity index (χ4n) is 1.73. The van der Waals surface area contributed by atoms with Crippen LogP contribution in [0.15, 0.2) is 57.3 Å². The van der Waals surface area contributed by atoms with Crippen molar-refractivity contribution in [2.24, 2.45) is 20.6 Å². The summed E-state index contributed by atoms with van der Waals surface area (Å²) in [6.45, 7) is 19.8. The Hall–Kier alpha value is -2.55. The van der Waals surface area contributed by atoms with Gasteiger partial charge in [-0.25, -0.2) is 6.08 Å². The normalized spacial score (nSPS) is 13.8. The van der Waals surface area contributed by atoms with Crippen LogP contribution in [-0.4, -0.2) is 67.4 Å². The summed E-state index contributed by atoms with van der Waals surface area (Å²) in [4.78, 5) is 3.78. The molecule has 0 unspecified atom stereocenters. The summed E-state index contributed by atoms with van der Waals surface area (Å²) in [6.07, 6.45) is 4.88. The van der Waals surface area contributed by atoms with E-state index >= 15 is 0 Å². The molecule has 10 nitrogen and oxygen atoms in total. The quantitative estimate of drug-likeness (QED) is 0.124. The molecule has 191 valence electrons. The SMILES string of the molecule is CC(=N\O)/C(C)=N/O.CC(=N\O)/C(C)=N/O.[CH-]=C[C@@](C)(O)C[Si](C)(C)C.[Co].c1ccncc1. The largest absolute Gasteiger partial charge is 0.515 e. The predicted octanol–water partition coefficient (Wildman–Crippen LogP) is 4.52. The van der Waals surface area contributed by atoms with Gasteiger partial charge in [-0.05, 0) is 52.8 Å². The third-order valence-electron chi connectivity index (χ3n) is 3.46. The smallest absolute Gasteiger partial charge is 0.101 e. The van der Waals surface area contributed by atoms with Crippen LogP contribution in [0.25, 0.3) is 0 Å². The number of hydrogen-bond acceptors (Lipinski definition) is 10. The molecular weight excluding hydrogens is 489 g/mol. The Morgan fingerprint density at radius 1 is 0.818 bits per heavy atom. The van der Waals surface area contributed by atoms with Crippen LogP contribution in [0.3, 0.4) is 0 Å². The van der Waals surface area contributed by atoms with Gasteiger partial charge >= 0.3 is 0 Å². The van der Waals surface area contributed by atoms with E-state index in [-0.39, 0.29) is 16.8 Å². The van der Waals surface area contributed by atoms with Crippen molar-refractivity contribution in [3.05, 3.63) is 43.2 Å². The molecule has 0 fully saturated rings. The van der Waals surface area contributed by atoms with Gasteiger partial charge in [0.15, 0.2) is 0 Å². The molecule has 5 N–H and O–H groups in total. The number of aromatic nitrogens is 1. The molecule has 0 aliphatic carbocycles. The van der Waals surface area contributed by atoms with Crippen molar-refractivity contribution >= 4 is 30.9 Å². The van der Waals surface area contributed by atoms with Crippen LogP contribution in [0.4, 0.5) is 0 Å². The van der Waals surface area contributed by atoms with Crippen LogP contribution < -0.4 is 0 Å². The molecule has 1 radical (unpaired) electrons. The number of aliphatic hydroxyl groups is 1. The molecule has 1 heterocycles. The van der Waals surface area contributed by atoms with E-state index in [9.17, 15) is 5.11 Å². The maximum atomic E-state index is 9.51. The van der Waals surface area contributed by atoms with Crippen molar-refractivity contribution in [2.45, 2.75) is 65.9 Å². The molecule has 33 heavy (non-hydrogen) atoms. The third kappa shape index (κ3) is 27.4. The number of rotatable bonds is 5. The maximum Gasteiger partial charge on any atom is 0.101 e. The summed E-state index contributed by atoms with van der Waals surface area (Å²) in [5, 5.41) is 52.8. The van der Waals surface area contributed by atoms with Crippen molar-refractivity contribution in [1.82, 2.24) is 4.98 Å². The van der Waals surface area contributed by atoms with Gasteiger partial charge in [0.05, 0.1) is 0 Å². The molecule has 0 aromatic carbocycles. The van der Waals surface area contributed by atoms with Gasteiger partial charge in [-0.1, -0.05) is 46.3 Å². The van der Waals surface area contributed by atoms with Gasteiger partial charge < -0.3 is 32.5 Å². The maximum absolute atomic E-state index is 9.51. The second-order valence-electron chi connectivity index (χ2n) is 8.03. The van der Waals surface area contributed by atoms with E-state index in [1.165, 1.54) is 33.8 Å². The number of nitrogens with zero attached hydrogens (tertiary/aromatic N) is 5. The summed E-state index contributed by atoms with van der Waals surface area (Å²) < 4.78 is 0. The number of oxime groups is 4. The van der Waals surface area contributed by atoms with Crippen molar-refractivity contribution in [2.75, 3.05) is 0 Å². The summed E-state index contributed by atoms with van der Waals surface area (Å²) in [5.74, 6) is 0. The Morgan fingerprint density at radius 2 is 1.12 bits per heavy atom. The van der Waals surface area contributed by atoms with Crippen LogP contribution >= 0.6 is 0 Å². The first-order valence-corrected chi connectivity index (χ1v) is 13.3. The summed E-state index contributed by atoms with van der Waals surface area (Å²) in [7, 11) is -1.17. The van der Waals surface area contributed by atoms with Crippen LogP contribution in [0, 0.1) is 6.58 Å². The monoisotopic (exact) mass is 527 g/mol. The molecule has 0 aliphatic heterocycles. The Bertz CT molecular complexity index is 658. The summed E-state index contributed by atoms with van der Waals surface area (Å²) in [5.41, 5.74) is 0.491. The second kappa shape index (κ2) is 21.3. The standard InChI is InChI=1S/C8H17OSi.C5H5N.2C4H8N2O2.Co/c1-6-8(2,9)7-10(3,4)5;1-2-4-6-5-3-1;2*1-3(5-7)4(2)6-8;/h1,6,9H,7H2,2-5H3;1-5H;2*7-8H,1-2H3;/q-1;;;;/b;;2*5-3+,6-4+;/t8-;;;;/m1..../s1. The number of pyridine rings is 1. The van der Waals surface area contributed by atoms with Crippen molar-refractivity contribution in [3.63, 3.8) is 0 Å². The van der Waals surface area contributed by atoms with Crippen LogP contribution in [0.1, 0.15) is 34.6 Å². The van der Waals surface area contributed by atoms with Gasteiger partial charge in [-0.15, -0.1) is 0 Å². The molecule has 0 aliphatic rings. The average Bonchev–Trinajstić information content (AvgIpc) is 2.77. The molecule has 1 aromatic heterocycles. The minimum absolute atomic E-state index is 0. The van der Waals surface area contributed by atoms with E-state index in [1.54, 1.807) is 19.3 Å². The molecule has 0 amide bonds. The molecule has 0 bridgehead atoms. The molecule has 1 atom stereocenters. The molecule has 0 spiro atoms. The molecular formula is C21H38CoN5O5Si-. The van der Waals surface area contributed by atoms with E-state index in [2.05, 4.69) is 45.2 Å². The van der Waals surface area contributed by atoms with E-state index < -0.39 is 13.7 Å². The minimum Gasteiger partial charge on any atom is -0.515 e.